The molecule has 0 aliphatic carbocycles. The average molecular weight is 243 g/mol. The van der Waals surface area contributed by atoms with Crippen molar-refractivity contribution in [1.29, 1.82) is 0 Å². The monoisotopic (exact) mass is 243 g/mol. The van der Waals surface area contributed by atoms with Crippen molar-refractivity contribution in [2.45, 2.75) is 26.2 Å². The number of hydrogen-bond donors (Lipinski definition) is 1. The van der Waals surface area contributed by atoms with E-state index in [1.807, 2.05) is 12.1 Å². The van der Waals surface area contributed by atoms with Crippen molar-refractivity contribution >= 4 is 5.82 Å². The van der Waals surface area contributed by atoms with Crippen LogP contribution in [0.25, 0.3) is 0 Å². The van der Waals surface area contributed by atoms with Crippen LogP contribution in [0.3, 0.4) is 0 Å². The van der Waals surface area contributed by atoms with Crippen molar-refractivity contribution in [3.8, 4) is 11.8 Å². The van der Waals surface area contributed by atoms with Crippen molar-refractivity contribution in [3.63, 3.8) is 0 Å². The third-order valence-corrected chi connectivity index (χ3v) is 2.93. The third-order valence-electron chi connectivity index (χ3n) is 2.93. The SMILES string of the molecule is CCC(C)c1ccc(Oc2nccc(N)n2)cc1. The van der Waals surface area contributed by atoms with Crippen LogP contribution in [-0.4, -0.2) is 9.97 Å². The van der Waals surface area contributed by atoms with Gasteiger partial charge in [-0.1, -0.05) is 26.0 Å². The molecule has 1 heterocycles. The molecule has 0 fully saturated rings. The van der Waals surface area contributed by atoms with E-state index in [1.54, 1.807) is 12.3 Å². The molecular weight excluding hydrogens is 226 g/mol. The van der Waals surface area contributed by atoms with Crippen LogP contribution in [0, 0.1) is 0 Å². The molecule has 0 amide bonds. The Labute approximate surface area is 107 Å². The highest BCUT2D eigenvalue weighted by Gasteiger charge is 2.04. The summed E-state index contributed by atoms with van der Waals surface area (Å²) in [6.07, 6.45) is 2.70. The lowest BCUT2D eigenvalue weighted by Gasteiger charge is -2.09. The lowest BCUT2D eigenvalue weighted by Crippen LogP contribution is -1.96. The summed E-state index contributed by atoms with van der Waals surface area (Å²) in [5.41, 5.74) is 6.87. The second-order valence-corrected chi connectivity index (χ2v) is 4.24. The molecule has 2 N–H and O–H groups in total. The number of ether oxygens (including phenoxy) is 1. The predicted octanol–water partition coefficient (Wildman–Crippen LogP) is 3.36. The smallest absolute Gasteiger partial charge is 0.323 e. The second-order valence-electron chi connectivity index (χ2n) is 4.24. The maximum atomic E-state index is 5.56. The lowest BCUT2D eigenvalue weighted by molar-refractivity contribution is 0.442. The molecule has 2 aromatic rings. The number of aromatic nitrogens is 2. The van der Waals surface area contributed by atoms with Gasteiger partial charge in [0.1, 0.15) is 11.6 Å². The third kappa shape index (κ3) is 2.97. The van der Waals surface area contributed by atoms with E-state index >= 15 is 0 Å². The zero-order chi connectivity index (χ0) is 13.0. The molecule has 94 valence electrons. The van der Waals surface area contributed by atoms with Crippen LogP contribution in [0.2, 0.25) is 0 Å². The summed E-state index contributed by atoms with van der Waals surface area (Å²) in [6.45, 7) is 4.38. The standard InChI is InChI=1S/C14H17N3O/c1-3-10(2)11-4-6-12(7-5-11)18-14-16-9-8-13(15)17-14/h4-10H,3H2,1-2H3,(H2,15,16,17). The Morgan fingerprint density at radius 1 is 1.22 bits per heavy atom. The topological polar surface area (TPSA) is 61.0 Å². The molecule has 0 aliphatic heterocycles. The summed E-state index contributed by atoms with van der Waals surface area (Å²) in [5.74, 6) is 1.67. The van der Waals surface area contributed by atoms with Gasteiger partial charge in [0.25, 0.3) is 0 Å². The lowest BCUT2D eigenvalue weighted by atomic mass is 9.99. The number of benzene rings is 1. The quantitative estimate of drug-likeness (QED) is 0.894. The summed E-state index contributed by atoms with van der Waals surface area (Å²) >= 11 is 0. The van der Waals surface area contributed by atoms with E-state index in [4.69, 9.17) is 10.5 Å². The van der Waals surface area contributed by atoms with Gasteiger partial charge in [0.2, 0.25) is 0 Å². The number of nitrogen functional groups attached to an aromatic ring is 1. The van der Waals surface area contributed by atoms with Crippen LogP contribution in [0.4, 0.5) is 5.82 Å². The van der Waals surface area contributed by atoms with Gasteiger partial charge < -0.3 is 10.5 Å². The molecule has 1 atom stereocenters. The fourth-order valence-corrected chi connectivity index (χ4v) is 1.61. The van der Waals surface area contributed by atoms with E-state index in [9.17, 15) is 0 Å². The molecule has 4 nitrogen and oxygen atoms in total. The van der Waals surface area contributed by atoms with E-state index in [1.165, 1.54) is 5.56 Å². The van der Waals surface area contributed by atoms with Gasteiger partial charge in [-0.25, -0.2) is 4.98 Å². The molecule has 4 heteroatoms. The van der Waals surface area contributed by atoms with Gasteiger partial charge in [-0.2, -0.15) is 4.98 Å². The van der Waals surface area contributed by atoms with Gasteiger partial charge in [-0.05, 0) is 36.1 Å². The molecule has 0 radical (unpaired) electrons. The number of anilines is 1. The van der Waals surface area contributed by atoms with Crippen molar-refractivity contribution in [1.82, 2.24) is 9.97 Å². The first-order chi connectivity index (χ1) is 8.69. The van der Waals surface area contributed by atoms with Crippen molar-refractivity contribution in [2.24, 2.45) is 0 Å². The summed E-state index contributed by atoms with van der Waals surface area (Å²) in [4.78, 5) is 7.98. The zero-order valence-electron chi connectivity index (χ0n) is 10.6. The second kappa shape index (κ2) is 5.49. The number of hydrogen-bond acceptors (Lipinski definition) is 4. The van der Waals surface area contributed by atoms with Crippen molar-refractivity contribution < 1.29 is 4.74 Å². The Kier molecular flexibility index (Phi) is 3.77. The van der Waals surface area contributed by atoms with Gasteiger partial charge in [0, 0.05) is 6.20 Å². The summed E-state index contributed by atoms with van der Waals surface area (Å²) in [7, 11) is 0. The number of nitrogens with two attached hydrogens (primary N) is 1. The molecular formula is C14H17N3O. The molecule has 1 unspecified atom stereocenters. The molecule has 0 spiro atoms. The molecule has 0 saturated carbocycles. The average Bonchev–Trinajstić information content (AvgIpc) is 2.39. The minimum Gasteiger partial charge on any atom is -0.424 e. The highest BCUT2D eigenvalue weighted by atomic mass is 16.5. The highest BCUT2D eigenvalue weighted by molar-refractivity contribution is 5.32. The molecule has 2 rings (SSSR count). The van der Waals surface area contributed by atoms with Crippen LogP contribution in [-0.2, 0) is 0 Å². The fraction of sp³-hybridized carbons (Fsp3) is 0.286. The molecule has 0 bridgehead atoms. The summed E-state index contributed by atoms with van der Waals surface area (Å²) in [6, 6.07) is 9.87. The van der Waals surface area contributed by atoms with Crippen molar-refractivity contribution in [3.05, 3.63) is 42.1 Å². The van der Waals surface area contributed by atoms with Crippen LogP contribution >= 0.6 is 0 Å². The Morgan fingerprint density at radius 3 is 2.56 bits per heavy atom. The Balaban J connectivity index is 2.11. The summed E-state index contributed by atoms with van der Waals surface area (Å²) < 4.78 is 5.53. The Bertz CT molecular complexity index is 511. The number of rotatable bonds is 4. The van der Waals surface area contributed by atoms with E-state index in [0.29, 0.717) is 17.5 Å². The van der Waals surface area contributed by atoms with Crippen LogP contribution in [0.1, 0.15) is 31.7 Å². The van der Waals surface area contributed by atoms with Gasteiger partial charge in [-0.3, -0.25) is 0 Å². The minimum atomic E-state index is 0.270. The first-order valence-electron chi connectivity index (χ1n) is 6.05. The maximum Gasteiger partial charge on any atom is 0.323 e. The maximum absolute atomic E-state index is 5.56. The van der Waals surface area contributed by atoms with E-state index in [2.05, 4.69) is 35.9 Å². The van der Waals surface area contributed by atoms with Crippen LogP contribution in [0.15, 0.2) is 36.5 Å². The van der Waals surface area contributed by atoms with Gasteiger partial charge in [0.15, 0.2) is 0 Å². The van der Waals surface area contributed by atoms with E-state index in [-0.39, 0.29) is 6.01 Å². The van der Waals surface area contributed by atoms with E-state index in [0.717, 1.165) is 6.42 Å². The Hall–Kier alpha value is -2.10. The largest absolute Gasteiger partial charge is 0.424 e. The van der Waals surface area contributed by atoms with Gasteiger partial charge >= 0.3 is 6.01 Å². The van der Waals surface area contributed by atoms with Crippen LogP contribution in [0.5, 0.6) is 11.8 Å². The van der Waals surface area contributed by atoms with Gasteiger partial charge in [0.05, 0.1) is 0 Å². The first-order valence-corrected chi connectivity index (χ1v) is 6.05. The molecule has 0 aliphatic rings. The Morgan fingerprint density at radius 2 is 1.94 bits per heavy atom. The predicted molar refractivity (Wildman–Crippen MR) is 71.7 cm³/mol. The van der Waals surface area contributed by atoms with Crippen LogP contribution < -0.4 is 10.5 Å². The van der Waals surface area contributed by atoms with Crippen molar-refractivity contribution in [2.75, 3.05) is 5.73 Å². The first kappa shape index (κ1) is 12.4. The van der Waals surface area contributed by atoms with E-state index < -0.39 is 0 Å². The highest BCUT2D eigenvalue weighted by Crippen LogP contribution is 2.23. The molecule has 18 heavy (non-hydrogen) atoms. The fourth-order valence-electron chi connectivity index (χ4n) is 1.61. The zero-order valence-corrected chi connectivity index (χ0v) is 10.6. The summed E-state index contributed by atoms with van der Waals surface area (Å²) in [5, 5.41) is 0. The molecule has 1 aromatic heterocycles. The normalized spacial score (nSPS) is 12.1. The van der Waals surface area contributed by atoms with Gasteiger partial charge in [-0.15, -0.1) is 0 Å². The number of nitrogens with zero attached hydrogens (tertiary/aromatic N) is 2. The minimum absolute atomic E-state index is 0.270. The molecule has 1 aromatic carbocycles. The molecule has 0 saturated heterocycles.